The molecular formula is C6H14N2O3. The van der Waals surface area contributed by atoms with Crippen molar-refractivity contribution >= 4 is 5.97 Å². The van der Waals surface area contributed by atoms with Crippen LogP contribution in [0.2, 0.25) is 0 Å². The summed E-state index contributed by atoms with van der Waals surface area (Å²) in [7, 11) is 0. The third-order valence-electron chi connectivity index (χ3n) is 1.21. The van der Waals surface area contributed by atoms with Crippen LogP contribution in [0.5, 0.6) is 0 Å². The molecule has 0 aromatic carbocycles. The first-order valence-corrected chi connectivity index (χ1v) is 3.31. The summed E-state index contributed by atoms with van der Waals surface area (Å²) in [5.74, 6) is -0.589. The Morgan fingerprint density at radius 1 is 1.73 bits per heavy atom. The lowest BCUT2D eigenvalue weighted by Gasteiger charge is -2.19. The number of rotatable bonds is 4. The molecule has 5 heteroatoms. The maximum absolute atomic E-state index is 10.9. The van der Waals surface area contributed by atoms with Crippen molar-refractivity contribution in [2.24, 2.45) is 11.5 Å². The molecule has 0 saturated heterocycles. The van der Waals surface area contributed by atoms with E-state index in [0.29, 0.717) is 0 Å². The molecule has 0 heterocycles. The molecule has 0 aliphatic carbocycles. The molecule has 0 saturated carbocycles. The second kappa shape index (κ2) is 4.27. The molecule has 0 amide bonds. The second-order valence-electron chi connectivity index (χ2n) is 2.48. The van der Waals surface area contributed by atoms with E-state index in [0.717, 1.165) is 0 Å². The van der Waals surface area contributed by atoms with Crippen LogP contribution in [-0.2, 0) is 9.53 Å². The van der Waals surface area contributed by atoms with Gasteiger partial charge in [0.15, 0.2) is 0 Å². The quantitative estimate of drug-likeness (QED) is 0.423. The Morgan fingerprint density at radius 3 is 2.64 bits per heavy atom. The first kappa shape index (κ1) is 10.3. The van der Waals surface area contributed by atoms with Crippen molar-refractivity contribution in [2.75, 3.05) is 19.8 Å². The highest BCUT2D eigenvalue weighted by atomic mass is 16.5. The van der Waals surface area contributed by atoms with Gasteiger partial charge in [0.2, 0.25) is 0 Å². The lowest BCUT2D eigenvalue weighted by molar-refractivity contribution is -0.150. The van der Waals surface area contributed by atoms with Crippen molar-refractivity contribution in [3.8, 4) is 0 Å². The van der Waals surface area contributed by atoms with Gasteiger partial charge in [0.25, 0.3) is 0 Å². The largest absolute Gasteiger partial charge is 0.462 e. The first-order chi connectivity index (χ1) is 5.04. The Balaban J connectivity index is 3.82. The average molecular weight is 162 g/mol. The molecule has 0 radical (unpaired) electrons. The van der Waals surface area contributed by atoms with Crippen LogP contribution in [0.25, 0.3) is 0 Å². The van der Waals surface area contributed by atoms with E-state index in [1.54, 1.807) is 0 Å². The number of carbonyl (C=O) groups is 1. The maximum atomic E-state index is 10.9. The Bertz CT molecular complexity index is 136. The molecule has 0 bridgehead atoms. The summed E-state index contributed by atoms with van der Waals surface area (Å²) in [6, 6.07) is 0. The van der Waals surface area contributed by atoms with Crippen LogP contribution in [0.1, 0.15) is 6.92 Å². The van der Waals surface area contributed by atoms with E-state index in [1.807, 2.05) is 0 Å². The first-order valence-electron chi connectivity index (χ1n) is 3.31. The van der Waals surface area contributed by atoms with Crippen LogP contribution < -0.4 is 11.5 Å². The molecule has 0 rings (SSSR count). The van der Waals surface area contributed by atoms with Crippen LogP contribution in [0.4, 0.5) is 0 Å². The molecule has 0 aliphatic rings. The highest BCUT2D eigenvalue weighted by Crippen LogP contribution is 1.98. The predicted octanol–water partition coefficient (Wildman–Crippen LogP) is -1.80. The molecule has 0 aliphatic heterocycles. The zero-order valence-electron chi connectivity index (χ0n) is 6.54. The van der Waals surface area contributed by atoms with Crippen molar-refractivity contribution in [3.05, 3.63) is 0 Å². The minimum absolute atomic E-state index is 0.0251. The molecule has 0 aromatic rings. The third-order valence-corrected chi connectivity index (χ3v) is 1.21. The Labute approximate surface area is 65.3 Å². The average Bonchev–Trinajstić information content (AvgIpc) is 2.00. The summed E-state index contributed by atoms with van der Waals surface area (Å²) in [5, 5.41) is 8.30. The Kier molecular flexibility index (Phi) is 4.02. The van der Waals surface area contributed by atoms with E-state index >= 15 is 0 Å². The van der Waals surface area contributed by atoms with Crippen LogP contribution in [0.15, 0.2) is 0 Å². The molecule has 1 atom stereocenters. The molecule has 0 fully saturated rings. The zero-order valence-corrected chi connectivity index (χ0v) is 6.54. The van der Waals surface area contributed by atoms with Crippen molar-refractivity contribution in [2.45, 2.75) is 12.5 Å². The molecular weight excluding hydrogens is 148 g/mol. The predicted molar refractivity (Wildman–Crippen MR) is 39.7 cm³/mol. The van der Waals surface area contributed by atoms with Crippen LogP contribution >= 0.6 is 0 Å². The van der Waals surface area contributed by atoms with Gasteiger partial charge in [-0.05, 0) is 6.92 Å². The van der Waals surface area contributed by atoms with Crippen molar-refractivity contribution in [3.63, 3.8) is 0 Å². The van der Waals surface area contributed by atoms with E-state index in [9.17, 15) is 4.79 Å². The molecule has 5 N–H and O–H groups in total. The second-order valence-corrected chi connectivity index (χ2v) is 2.48. The lowest BCUT2D eigenvalue weighted by atomic mass is 10.1. The molecule has 11 heavy (non-hydrogen) atoms. The fraction of sp³-hybridized carbons (Fsp3) is 0.833. The number of aliphatic hydroxyl groups excluding tert-OH is 1. The molecule has 66 valence electrons. The van der Waals surface area contributed by atoms with Gasteiger partial charge in [-0.25, -0.2) is 0 Å². The van der Waals surface area contributed by atoms with Gasteiger partial charge in [-0.2, -0.15) is 0 Å². The van der Waals surface area contributed by atoms with E-state index in [-0.39, 0.29) is 19.8 Å². The van der Waals surface area contributed by atoms with Gasteiger partial charge in [-0.3, -0.25) is 4.79 Å². The minimum atomic E-state index is -1.14. The third kappa shape index (κ3) is 3.31. The van der Waals surface area contributed by atoms with Crippen molar-refractivity contribution in [1.82, 2.24) is 0 Å². The summed E-state index contributed by atoms with van der Waals surface area (Å²) >= 11 is 0. The van der Waals surface area contributed by atoms with E-state index in [4.69, 9.17) is 16.6 Å². The maximum Gasteiger partial charge on any atom is 0.327 e. The fourth-order valence-corrected chi connectivity index (χ4v) is 0.387. The van der Waals surface area contributed by atoms with Gasteiger partial charge in [0.1, 0.15) is 12.1 Å². The van der Waals surface area contributed by atoms with Gasteiger partial charge >= 0.3 is 5.97 Å². The number of hydrogen-bond donors (Lipinski definition) is 3. The van der Waals surface area contributed by atoms with Gasteiger partial charge in [0.05, 0.1) is 6.61 Å². The summed E-state index contributed by atoms with van der Waals surface area (Å²) in [6.45, 7) is 1.27. The number of nitrogens with two attached hydrogens (primary N) is 2. The standard InChI is InChI=1S/C6H14N2O3/c1-6(8,4-7)5(10)11-3-2-9/h9H,2-4,7-8H2,1H3. The molecule has 1 unspecified atom stereocenters. The van der Waals surface area contributed by atoms with Crippen LogP contribution in [0, 0.1) is 0 Å². The Morgan fingerprint density at radius 2 is 2.27 bits per heavy atom. The highest BCUT2D eigenvalue weighted by Gasteiger charge is 2.27. The summed E-state index contributed by atoms with van der Waals surface area (Å²) in [5.41, 5.74) is 9.47. The molecule has 0 spiro atoms. The lowest BCUT2D eigenvalue weighted by Crippen LogP contribution is -2.52. The summed E-state index contributed by atoms with van der Waals surface area (Å²) in [6.07, 6.45) is 0. The summed E-state index contributed by atoms with van der Waals surface area (Å²) < 4.78 is 4.55. The summed E-state index contributed by atoms with van der Waals surface area (Å²) in [4.78, 5) is 10.9. The highest BCUT2D eigenvalue weighted by molar-refractivity contribution is 5.80. The van der Waals surface area contributed by atoms with Gasteiger partial charge in [0, 0.05) is 6.54 Å². The van der Waals surface area contributed by atoms with Gasteiger partial charge in [-0.15, -0.1) is 0 Å². The van der Waals surface area contributed by atoms with Crippen LogP contribution in [-0.4, -0.2) is 36.4 Å². The molecule has 5 nitrogen and oxygen atoms in total. The minimum Gasteiger partial charge on any atom is -0.462 e. The normalized spacial score (nSPS) is 15.6. The van der Waals surface area contributed by atoms with E-state index in [1.165, 1.54) is 6.92 Å². The smallest absolute Gasteiger partial charge is 0.327 e. The van der Waals surface area contributed by atoms with Crippen LogP contribution in [0.3, 0.4) is 0 Å². The SMILES string of the molecule is CC(N)(CN)C(=O)OCCO. The number of aliphatic hydroxyl groups is 1. The topological polar surface area (TPSA) is 98.6 Å². The van der Waals surface area contributed by atoms with E-state index in [2.05, 4.69) is 4.74 Å². The Hall–Kier alpha value is -0.650. The number of carbonyl (C=O) groups excluding carboxylic acids is 1. The van der Waals surface area contributed by atoms with Gasteiger partial charge in [-0.1, -0.05) is 0 Å². The number of esters is 1. The number of ether oxygens (including phenoxy) is 1. The zero-order chi connectivity index (χ0) is 8.91. The molecule has 0 aromatic heterocycles. The van der Waals surface area contributed by atoms with Crippen molar-refractivity contribution < 1.29 is 14.6 Å². The van der Waals surface area contributed by atoms with Gasteiger partial charge < -0.3 is 21.3 Å². The van der Waals surface area contributed by atoms with Crippen molar-refractivity contribution in [1.29, 1.82) is 0 Å². The van der Waals surface area contributed by atoms with E-state index < -0.39 is 11.5 Å². The monoisotopic (exact) mass is 162 g/mol. The number of hydrogen-bond acceptors (Lipinski definition) is 5. The fourth-order valence-electron chi connectivity index (χ4n) is 0.387.